The van der Waals surface area contributed by atoms with Crippen molar-refractivity contribution in [1.29, 1.82) is 0 Å². The summed E-state index contributed by atoms with van der Waals surface area (Å²) in [4.78, 5) is 3.39. The molecule has 0 aliphatic rings. The van der Waals surface area contributed by atoms with Gasteiger partial charge in [-0.3, -0.25) is 0 Å². The molecular formula is C7H9NS3-2. The molecule has 0 saturated heterocycles. The van der Waals surface area contributed by atoms with Gasteiger partial charge >= 0.3 is 0 Å². The molecule has 0 bridgehead atoms. The van der Waals surface area contributed by atoms with E-state index in [1.54, 1.807) is 11.3 Å². The van der Waals surface area contributed by atoms with Gasteiger partial charge in [-0.15, -0.1) is 23.1 Å². The average molecular weight is 203 g/mol. The largest absolute Gasteiger partial charge is 0.777 e. The van der Waals surface area contributed by atoms with Crippen LogP contribution in [0, 0.1) is 0 Å². The fourth-order valence-corrected chi connectivity index (χ4v) is 1.98. The van der Waals surface area contributed by atoms with Gasteiger partial charge < -0.3 is 30.2 Å². The second-order valence-electron chi connectivity index (χ2n) is 2.17. The minimum absolute atomic E-state index is 0.626. The van der Waals surface area contributed by atoms with Gasteiger partial charge in [-0.25, -0.2) is 0 Å². The van der Waals surface area contributed by atoms with Crippen molar-refractivity contribution in [3.8, 4) is 0 Å². The molecule has 1 heterocycles. The second-order valence-corrected chi connectivity index (χ2v) is 3.72. The van der Waals surface area contributed by atoms with Crippen molar-refractivity contribution in [2.75, 3.05) is 11.8 Å². The monoisotopic (exact) mass is 203 g/mol. The van der Waals surface area contributed by atoms with Crippen molar-refractivity contribution in [2.45, 2.75) is 6.54 Å². The van der Waals surface area contributed by atoms with Crippen LogP contribution in [-0.2, 0) is 31.8 Å². The highest BCUT2D eigenvalue weighted by Gasteiger charge is 1.94. The van der Waals surface area contributed by atoms with Crippen molar-refractivity contribution in [2.24, 2.45) is 0 Å². The van der Waals surface area contributed by atoms with Crippen LogP contribution in [0.1, 0.15) is 4.88 Å². The fraction of sp³-hybridized carbons (Fsp3) is 0.429. The first-order valence-electron chi connectivity index (χ1n) is 3.27. The van der Waals surface area contributed by atoms with Gasteiger partial charge in [0.15, 0.2) is 0 Å². The lowest BCUT2D eigenvalue weighted by molar-refractivity contribution is 0.375. The molecular weight excluding hydrogens is 194 g/mol. The predicted molar refractivity (Wildman–Crippen MR) is 54.3 cm³/mol. The van der Waals surface area contributed by atoms with Crippen LogP contribution in [0.25, 0.3) is 0 Å². The summed E-state index contributed by atoms with van der Waals surface area (Å²) in [5, 5.41) is 2.07. The third kappa shape index (κ3) is 3.07. The molecule has 11 heavy (non-hydrogen) atoms. The van der Waals surface area contributed by atoms with Gasteiger partial charge in [-0.05, 0) is 11.4 Å². The van der Waals surface area contributed by atoms with Crippen molar-refractivity contribution in [3.05, 3.63) is 22.4 Å². The van der Waals surface area contributed by atoms with Crippen LogP contribution in [0.3, 0.4) is 0 Å². The smallest absolute Gasteiger partial charge is 0.0289 e. The molecule has 0 atom stereocenters. The molecule has 1 aromatic heterocycles. The summed E-state index contributed by atoms with van der Waals surface area (Å²) in [6, 6.07) is 4.15. The molecule has 0 aromatic carbocycles. The van der Waals surface area contributed by atoms with E-state index >= 15 is 0 Å². The summed E-state index contributed by atoms with van der Waals surface area (Å²) in [6.07, 6.45) is 0. The lowest BCUT2D eigenvalue weighted by Crippen LogP contribution is -2.22. The van der Waals surface area contributed by atoms with Crippen molar-refractivity contribution < 1.29 is 0 Å². The molecule has 0 amide bonds. The van der Waals surface area contributed by atoms with Gasteiger partial charge in [0.1, 0.15) is 0 Å². The topological polar surface area (TPSA) is 3.24 Å². The van der Waals surface area contributed by atoms with E-state index in [-0.39, 0.29) is 0 Å². The Morgan fingerprint density at radius 2 is 2.09 bits per heavy atom. The summed E-state index contributed by atoms with van der Waals surface area (Å²) < 4.78 is 0. The highest BCUT2D eigenvalue weighted by Crippen LogP contribution is 2.10. The van der Waals surface area contributed by atoms with Crippen LogP contribution in [0.5, 0.6) is 0 Å². The Morgan fingerprint density at radius 1 is 1.36 bits per heavy atom. The van der Waals surface area contributed by atoms with Crippen LogP contribution < -0.4 is 0 Å². The van der Waals surface area contributed by atoms with Crippen LogP contribution in [0.2, 0.25) is 0 Å². The molecule has 0 fully saturated rings. The quantitative estimate of drug-likeness (QED) is 0.684. The molecule has 0 unspecified atom stereocenters. The molecule has 4 heteroatoms. The highest BCUT2D eigenvalue weighted by molar-refractivity contribution is 7.59. The zero-order valence-corrected chi connectivity index (χ0v) is 8.47. The third-order valence-corrected chi connectivity index (χ3v) is 2.92. The fourth-order valence-electron chi connectivity index (χ4n) is 0.751. The first-order chi connectivity index (χ1) is 5.36. The normalized spacial score (nSPS) is 10.8. The van der Waals surface area contributed by atoms with Gasteiger partial charge in [0.25, 0.3) is 0 Å². The maximum absolute atomic E-state index is 4.91. The molecule has 0 spiro atoms. The molecule has 1 aromatic rings. The number of rotatable bonds is 4. The Kier molecular flexibility index (Phi) is 4.37. The van der Waals surface area contributed by atoms with Crippen molar-refractivity contribution >= 4 is 36.6 Å². The van der Waals surface area contributed by atoms with Crippen LogP contribution >= 0.6 is 11.3 Å². The second kappa shape index (κ2) is 5.09. The minimum Gasteiger partial charge on any atom is -0.777 e. The van der Waals surface area contributed by atoms with Crippen LogP contribution in [0.15, 0.2) is 17.5 Å². The standard InChI is InChI=1S/C7H11NS3/c9-5-8(6-10)4-7-2-1-3-11-7/h1-3,9-10H,4-6H2/p-2. The Balaban J connectivity index is 2.41. The summed E-state index contributed by atoms with van der Waals surface area (Å²) in [7, 11) is 0. The maximum Gasteiger partial charge on any atom is 0.0289 e. The van der Waals surface area contributed by atoms with E-state index in [1.165, 1.54) is 4.88 Å². The number of thiophene rings is 1. The zero-order chi connectivity index (χ0) is 8.10. The van der Waals surface area contributed by atoms with E-state index in [0.717, 1.165) is 6.54 Å². The Bertz CT molecular complexity index is 182. The summed E-state index contributed by atoms with van der Waals surface area (Å²) in [5.41, 5.74) is 0. The number of hydrogen-bond donors (Lipinski definition) is 0. The molecule has 0 N–H and O–H groups in total. The first kappa shape index (κ1) is 9.45. The first-order valence-corrected chi connectivity index (χ1v) is 5.31. The van der Waals surface area contributed by atoms with Gasteiger partial charge in [0.05, 0.1) is 0 Å². The zero-order valence-electron chi connectivity index (χ0n) is 6.03. The van der Waals surface area contributed by atoms with Crippen LogP contribution in [-0.4, -0.2) is 16.7 Å². The van der Waals surface area contributed by atoms with Crippen LogP contribution in [0.4, 0.5) is 0 Å². The van der Waals surface area contributed by atoms with E-state index in [0.29, 0.717) is 11.8 Å². The van der Waals surface area contributed by atoms with Gasteiger partial charge in [-0.2, -0.15) is 0 Å². The average Bonchev–Trinajstić information content (AvgIpc) is 2.52. The Labute approximate surface area is 82.2 Å². The summed E-state index contributed by atoms with van der Waals surface area (Å²) in [5.74, 6) is 1.25. The molecule has 1 rings (SSSR count). The minimum atomic E-state index is 0.626. The van der Waals surface area contributed by atoms with E-state index in [2.05, 4.69) is 16.3 Å². The molecule has 0 aliphatic heterocycles. The predicted octanol–water partition coefficient (Wildman–Crippen LogP) is 1.56. The van der Waals surface area contributed by atoms with Crippen molar-refractivity contribution in [3.63, 3.8) is 0 Å². The Hall–Kier alpha value is 0.360. The number of hydrogen-bond acceptors (Lipinski definition) is 4. The highest BCUT2D eigenvalue weighted by atomic mass is 32.1. The summed E-state index contributed by atoms with van der Waals surface area (Å²) in [6.45, 7) is 0.907. The van der Waals surface area contributed by atoms with E-state index in [1.807, 2.05) is 6.07 Å². The molecule has 0 saturated carbocycles. The van der Waals surface area contributed by atoms with Gasteiger partial charge in [-0.1, -0.05) is 6.07 Å². The van der Waals surface area contributed by atoms with Gasteiger partial charge in [0.2, 0.25) is 0 Å². The van der Waals surface area contributed by atoms with E-state index in [4.69, 9.17) is 25.3 Å². The lowest BCUT2D eigenvalue weighted by Gasteiger charge is -2.28. The number of nitrogens with zero attached hydrogens (tertiary/aromatic N) is 1. The SMILES string of the molecule is [S-]CN(C[S-])Cc1cccs1. The molecule has 62 valence electrons. The molecule has 0 radical (unpaired) electrons. The van der Waals surface area contributed by atoms with E-state index < -0.39 is 0 Å². The maximum atomic E-state index is 4.91. The Morgan fingerprint density at radius 3 is 2.55 bits per heavy atom. The summed E-state index contributed by atoms with van der Waals surface area (Å²) >= 11 is 11.6. The lowest BCUT2D eigenvalue weighted by atomic mass is 10.4. The molecule has 0 aliphatic carbocycles. The van der Waals surface area contributed by atoms with Gasteiger partial charge in [0, 0.05) is 11.4 Å². The van der Waals surface area contributed by atoms with Crippen molar-refractivity contribution in [1.82, 2.24) is 4.90 Å². The van der Waals surface area contributed by atoms with E-state index in [9.17, 15) is 0 Å². The molecule has 1 nitrogen and oxygen atoms in total. The third-order valence-electron chi connectivity index (χ3n) is 1.32.